The Hall–Kier alpha value is -4.39. The molecule has 2 N–H and O–H groups in total. The maximum absolute atomic E-state index is 14.5. The second kappa shape index (κ2) is 27.9. The van der Waals surface area contributed by atoms with Crippen LogP contribution in [-0.4, -0.2) is 127 Å². The van der Waals surface area contributed by atoms with Crippen LogP contribution in [0.2, 0.25) is 0 Å². The van der Waals surface area contributed by atoms with Gasteiger partial charge in [0.1, 0.15) is 11.8 Å². The molecule has 12 heteroatoms. The molecule has 1 aliphatic heterocycles. The molecule has 0 aliphatic carbocycles. The van der Waals surface area contributed by atoms with E-state index in [-0.39, 0.29) is 66.1 Å². The van der Waals surface area contributed by atoms with Crippen LogP contribution in [-0.2, 0) is 39.9 Å². The largest absolute Gasteiger partial charge is 0.481 e. The SMILES string of the molecule is CCC(C)C(C(CC(=O)N1CCCC1C(OC)C(C)C(=O)CCCC(C=Cc1ccccc1)Cc1ccccc1)OC)N(C)C(=O)C(NC(=O)C(C(C)C)N(C)CCCC(=O)O)C(C)C. The summed E-state index contributed by atoms with van der Waals surface area (Å²) in [6.07, 6.45) is 8.92. The number of likely N-dealkylation sites (N-methyl/N-ethyl adjacent to an activating group) is 2. The van der Waals surface area contributed by atoms with Gasteiger partial charge in [-0.25, -0.2) is 0 Å². The summed E-state index contributed by atoms with van der Waals surface area (Å²) in [5.41, 5.74) is 2.41. The second-order valence-corrected chi connectivity index (χ2v) is 19.1. The second-order valence-electron chi connectivity index (χ2n) is 19.1. The highest BCUT2D eigenvalue weighted by Gasteiger charge is 2.43. The Morgan fingerprint density at radius 3 is 2.09 bits per heavy atom. The van der Waals surface area contributed by atoms with E-state index in [0.29, 0.717) is 25.9 Å². The zero-order chi connectivity index (χ0) is 48.2. The maximum Gasteiger partial charge on any atom is 0.303 e. The predicted octanol–water partition coefficient (Wildman–Crippen LogP) is 8.18. The van der Waals surface area contributed by atoms with Crippen molar-refractivity contribution in [2.75, 3.05) is 41.4 Å². The number of methoxy groups -OCH3 is 2. The van der Waals surface area contributed by atoms with Crippen molar-refractivity contribution in [1.29, 1.82) is 0 Å². The standard InChI is InChI=1S/C53H82N4O8/c1-12-38(6)50(56(9)53(63)48(36(2)3)54-52(62)49(37(4)5)55(8)32-21-29-47(60)61)45(64-10)35-46(59)57-33-20-27-43(57)51(65-11)39(7)44(58)28-19-26-42(34-41-24-17-14-18-25-41)31-30-40-22-15-13-16-23-40/h13-18,22-25,30-31,36-39,42-43,45,48-51H,12,19-21,26-29,32-35H2,1-11H3,(H,54,62)(H,60,61). The summed E-state index contributed by atoms with van der Waals surface area (Å²) in [5.74, 6) is -1.95. The third-order valence-electron chi connectivity index (χ3n) is 13.6. The molecule has 9 atom stereocenters. The molecule has 362 valence electrons. The highest BCUT2D eigenvalue weighted by molar-refractivity contribution is 5.90. The van der Waals surface area contributed by atoms with Crippen LogP contribution in [0.15, 0.2) is 66.7 Å². The van der Waals surface area contributed by atoms with E-state index >= 15 is 0 Å². The molecule has 0 radical (unpaired) electrons. The Kier molecular flexibility index (Phi) is 23.6. The van der Waals surface area contributed by atoms with Gasteiger partial charge in [0.2, 0.25) is 17.7 Å². The molecule has 1 aliphatic rings. The molecule has 12 nitrogen and oxygen atoms in total. The van der Waals surface area contributed by atoms with Crippen molar-refractivity contribution in [3.63, 3.8) is 0 Å². The van der Waals surface area contributed by atoms with Crippen molar-refractivity contribution in [1.82, 2.24) is 20.0 Å². The van der Waals surface area contributed by atoms with Gasteiger partial charge in [0, 0.05) is 46.6 Å². The Labute approximate surface area is 390 Å². The molecule has 1 saturated heterocycles. The summed E-state index contributed by atoms with van der Waals surface area (Å²) >= 11 is 0. The molecule has 1 fully saturated rings. The fourth-order valence-electron chi connectivity index (χ4n) is 9.70. The molecule has 2 aromatic carbocycles. The Morgan fingerprint density at radius 2 is 1.52 bits per heavy atom. The Morgan fingerprint density at radius 1 is 0.877 bits per heavy atom. The van der Waals surface area contributed by atoms with E-state index in [0.717, 1.165) is 44.1 Å². The number of likely N-dealkylation sites (tertiary alicyclic amines) is 1. The van der Waals surface area contributed by atoms with E-state index in [1.165, 1.54) is 5.56 Å². The molecule has 65 heavy (non-hydrogen) atoms. The van der Waals surface area contributed by atoms with Gasteiger partial charge in [-0.1, -0.05) is 128 Å². The van der Waals surface area contributed by atoms with Gasteiger partial charge in [-0.2, -0.15) is 0 Å². The van der Waals surface area contributed by atoms with E-state index in [2.05, 4.69) is 53.9 Å². The van der Waals surface area contributed by atoms with Crippen LogP contribution in [0.25, 0.3) is 6.08 Å². The molecule has 3 amide bonds. The number of carbonyl (C=O) groups is 5. The van der Waals surface area contributed by atoms with Crippen molar-refractivity contribution in [3.05, 3.63) is 77.9 Å². The van der Waals surface area contributed by atoms with Crippen molar-refractivity contribution in [2.24, 2.45) is 29.6 Å². The predicted molar refractivity (Wildman–Crippen MR) is 259 cm³/mol. The number of nitrogens with zero attached hydrogens (tertiary/aromatic N) is 3. The van der Waals surface area contributed by atoms with Crippen LogP contribution in [0.4, 0.5) is 0 Å². The number of hydrogen-bond acceptors (Lipinski definition) is 8. The molecular formula is C53H82N4O8. The Bertz CT molecular complexity index is 1790. The number of nitrogens with one attached hydrogen (secondary N) is 1. The molecule has 2 aromatic rings. The van der Waals surface area contributed by atoms with Gasteiger partial charge < -0.3 is 29.7 Å². The molecular weight excluding hydrogens is 821 g/mol. The molecule has 0 saturated carbocycles. The van der Waals surface area contributed by atoms with E-state index in [1.807, 2.05) is 82.5 Å². The summed E-state index contributed by atoms with van der Waals surface area (Å²) in [6, 6.07) is 18.5. The fourth-order valence-corrected chi connectivity index (χ4v) is 9.70. The van der Waals surface area contributed by atoms with Crippen molar-refractivity contribution in [3.8, 4) is 0 Å². The van der Waals surface area contributed by atoms with Crippen molar-refractivity contribution >= 4 is 35.6 Å². The minimum absolute atomic E-state index is 0.00432. The number of carboxylic acid groups (broad SMARTS) is 1. The molecule has 0 bridgehead atoms. The van der Waals surface area contributed by atoms with Crippen LogP contribution in [0.5, 0.6) is 0 Å². The number of carboxylic acids is 1. The first-order chi connectivity index (χ1) is 30.9. The van der Waals surface area contributed by atoms with Gasteiger partial charge in [-0.3, -0.25) is 28.9 Å². The molecule has 0 spiro atoms. The number of carbonyl (C=O) groups excluding carboxylic acids is 4. The van der Waals surface area contributed by atoms with Crippen molar-refractivity contribution in [2.45, 2.75) is 149 Å². The topological polar surface area (TPSA) is 146 Å². The number of ketones is 1. The maximum atomic E-state index is 14.5. The molecule has 1 heterocycles. The molecule has 0 aromatic heterocycles. The van der Waals surface area contributed by atoms with Gasteiger partial charge in [-0.15, -0.1) is 0 Å². The number of allylic oxidation sites excluding steroid dienone is 1. The summed E-state index contributed by atoms with van der Waals surface area (Å²) in [6.45, 7) is 14.6. The average Bonchev–Trinajstić information content (AvgIpc) is 3.77. The summed E-state index contributed by atoms with van der Waals surface area (Å²) in [4.78, 5) is 73.2. The van der Waals surface area contributed by atoms with Crippen LogP contribution in [0, 0.1) is 29.6 Å². The lowest BCUT2D eigenvalue weighted by Gasteiger charge is -2.41. The lowest BCUT2D eigenvalue weighted by Crippen LogP contribution is -2.60. The van der Waals surface area contributed by atoms with E-state index < -0.39 is 42.2 Å². The van der Waals surface area contributed by atoms with Crippen LogP contribution < -0.4 is 5.32 Å². The van der Waals surface area contributed by atoms with Crippen molar-refractivity contribution < 1.29 is 38.6 Å². The zero-order valence-corrected chi connectivity index (χ0v) is 41.4. The van der Waals surface area contributed by atoms with E-state index in [9.17, 15) is 24.0 Å². The van der Waals surface area contributed by atoms with E-state index in [4.69, 9.17) is 14.6 Å². The Balaban J connectivity index is 1.72. The smallest absolute Gasteiger partial charge is 0.303 e. The molecule has 9 unspecified atom stereocenters. The number of Topliss-reactive ketones (excluding diaryl/α,β-unsaturated/α-hetero) is 1. The monoisotopic (exact) mass is 903 g/mol. The third-order valence-corrected chi connectivity index (χ3v) is 13.6. The highest BCUT2D eigenvalue weighted by atomic mass is 16.5. The van der Waals surface area contributed by atoms with Crippen LogP contribution in [0.3, 0.4) is 0 Å². The number of ether oxygens (including phenoxy) is 2. The fraction of sp³-hybridized carbons (Fsp3) is 0.642. The first-order valence-corrected chi connectivity index (χ1v) is 24.1. The summed E-state index contributed by atoms with van der Waals surface area (Å²) in [7, 11) is 6.73. The van der Waals surface area contributed by atoms with Gasteiger partial charge >= 0.3 is 5.97 Å². The first-order valence-electron chi connectivity index (χ1n) is 24.1. The van der Waals surface area contributed by atoms with Crippen LogP contribution >= 0.6 is 0 Å². The minimum Gasteiger partial charge on any atom is -0.481 e. The summed E-state index contributed by atoms with van der Waals surface area (Å²) < 4.78 is 12.2. The number of amides is 3. The number of rotatable bonds is 29. The first kappa shape index (κ1) is 54.9. The quantitative estimate of drug-likeness (QED) is 0.0826. The number of benzene rings is 2. The summed E-state index contributed by atoms with van der Waals surface area (Å²) in [5, 5.41) is 12.2. The minimum atomic E-state index is -0.886. The zero-order valence-electron chi connectivity index (χ0n) is 41.4. The van der Waals surface area contributed by atoms with E-state index in [1.54, 1.807) is 33.2 Å². The van der Waals surface area contributed by atoms with Gasteiger partial charge in [0.25, 0.3) is 0 Å². The van der Waals surface area contributed by atoms with Gasteiger partial charge in [-0.05, 0) is 86.9 Å². The normalized spacial score (nSPS) is 18.0. The van der Waals surface area contributed by atoms with Gasteiger partial charge in [0.05, 0.1) is 36.8 Å². The lowest BCUT2D eigenvalue weighted by atomic mass is 9.87. The van der Waals surface area contributed by atoms with Crippen LogP contribution in [0.1, 0.15) is 117 Å². The van der Waals surface area contributed by atoms with Gasteiger partial charge in [0.15, 0.2) is 0 Å². The molecule has 3 rings (SSSR count). The number of aliphatic carboxylic acids is 1. The lowest BCUT2D eigenvalue weighted by molar-refractivity contribution is -0.148. The number of hydrogen-bond donors (Lipinski definition) is 2. The highest BCUT2D eigenvalue weighted by Crippen LogP contribution is 2.31. The average molecular weight is 903 g/mol. The third kappa shape index (κ3) is 16.8.